The van der Waals surface area contributed by atoms with Crippen molar-refractivity contribution in [3.63, 3.8) is 0 Å². The molecule has 0 fully saturated rings. The Labute approximate surface area is 153 Å². The average Bonchev–Trinajstić information content (AvgIpc) is 2.67. The van der Waals surface area contributed by atoms with E-state index in [2.05, 4.69) is 23.5 Å². The molecule has 2 aromatic carbocycles. The molecular formula is C21H22N2O3. The lowest BCUT2D eigenvalue weighted by Crippen LogP contribution is -2.32. The Morgan fingerprint density at radius 2 is 1.92 bits per heavy atom. The van der Waals surface area contributed by atoms with E-state index in [-0.39, 0.29) is 18.4 Å². The van der Waals surface area contributed by atoms with Crippen molar-refractivity contribution in [3.05, 3.63) is 59.7 Å². The van der Waals surface area contributed by atoms with Crippen LogP contribution in [0.3, 0.4) is 0 Å². The van der Waals surface area contributed by atoms with Gasteiger partial charge in [-0.05, 0) is 48.9 Å². The van der Waals surface area contributed by atoms with Gasteiger partial charge in [-0.1, -0.05) is 25.3 Å². The van der Waals surface area contributed by atoms with Crippen LogP contribution in [0.2, 0.25) is 0 Å². The number of carbonyl (C=O) groups is 2. The van der Waals surface area contributed by atoms with Crippen LogP contribution < -0.4 is 15.4 Å². The number of anilines is 1. The zero-order valence-corrected chi connectivity index (χ0v) is 14.7. The maximum atomic E-state index is 12.1. The molecule has 134 valence electrons. The highest BCUT2D eigenvalue weighted by molar-refractivity contribution is 5.99. The predicted octanol–water partition coefficient (Wildman–Crippen LogP) is 3.22. The molecule has 2 rings (SSSR count). The number of ether oxygens (including phenoxy) is 1. The van der Waals surface area contributed by atoms with Gasteiger partial charge in [0.25, 0.3) is 5.91 Å². The van der Waals surface area contributed by atoms with E-state index in [4.69, 9.17) is 11.2 Å². The first-order chi connectivity index (χ1) is 12.6. The highest BCUT2D eigenvalue weighted by Gasteiger charge is 2.09. The monoisotopic (exact) mass is 350 g/mol. The van der Waals surface area contributed by atoms with E-state index in [1.165, 1.54) is 0 Å². The van der Waals surface area contributed by atoms with Crippen LogP contribution >= 0.6 is 0 Å². The Balaban J connectivity index is 1.82. The van der Waals surface area contributed by atoms with Gasteiger partial charge in [0.05, 0.1) is 13.2 Å². The van der Waals surface area contributed by atoms with Gasteiger partial charge in [0.15, 0.2) is 0 Å². The lowest BCUT2D eigenvalue weighted by atomic mass is 10.2. The lowest BCUT2D eigenvalue weighted by Gasteiger charge is -2.08. The number of benzene rings is 2. The first-order valence-corrected chi connectivity index (χ1v) is 8.50. The van der Waals surface area contributed by atoms with Gasteiger partial charge < -0.3 is 15.4 Å². The molecule has 0 saturated heterocycles. The summed E-state index contributed by atoms with van der Waals surface area (Å²) in [5.41, 5.74) is 1.73. The van der Waals surface area contributed by atoms with Gasteiger partial charge in [-0.3, -0.25) is 9.59 Å². The van der Waals surface area contributed by atoms with Crippen molar-refractivity contribution in [2.24, 2.45) is 0 Å². The van der Waals surface area contributed by atoms with Crippen LogP contribution in [0.25, 0.3) is 0 Å². The molecule has 26 heavy (non-hydrogen) atoms. The number of hydrogen-bond donors (Lipinski definition) is 2. The number of carbonyl (C=O) groups excluding carboxylic acids is 2. The quantitative estimate of drug-likeness (QED) is 0.567. The molecular weight excluding hydrogens is 328 g/mol. The Morgan fingerprint density at radius 3 is 2.62 bits per heavy atom. The molecule has 0 saturated carbocycles. The van der Waals surface area contributed by atoms with Crippen molar-refractivity contribution in [3.8, 4) is 18.1 Å². The molecule has 0 aromatic heterocycles. The number of nitrogens with one attached hydrogen (secondary N) is 2. The molecule has 5 heteroatoms. The van der Waals surface area contributed by atoms with Gasteiger partial charge in [0, 0.05) is 16.8 Å². The van der Waals surface area contributed by atoms with Crippen LogP contribution in [0, 0.1) is 12.3 Å². The first-order valence-electron chi connectivity index (χ1n) is 8.50. The SMILES string of the molecule is C#Cc1cccc(NC(=O)CNC(=O)c2ccc(OCCCC)cc2)c1. The van der Waals surface area contributed by atoms with Gasteiger partial charge in [0.2, 0.25) is 5.91 Å². The largest absolute Gasteiger partial charge is 0.494 e. The summed E-state index contributed by atoms with van der Waals surface area (Å²) in [6, 6.07) is 13.8. The molecule has 0 atom stereocenters. The summed E-state index contributed by atoms with van der Waals surface area (Å²) in [4.78, 5) is 24.1. The number of terminal acetylenes is 1. The Morgan fingerprint density at radius 1 is 1.15 bits per heavy atom. The van der Waals surface area contributed by atoms with Gasteiger partial charge in [-0.15, -0.1) is 6.42 Å². The minimum atomic E-state index is -0.327. The fourth-order valence-corrected chi connectivity index (χ4v) is 2.19. The van der Waals surface area contributed by atoms with Crippen molar-refractivity contribution < 1.29 is 14.3 Å². The summed E-state index contributed by atoms with van der Waals surface area (Å²) in [6.07, 6.45) is 7.38. The van der Waals surface area contributed by atoms with Gasteiger partial charge >= 0.3 is 0 Å². The molecule has 0 spiro atoms. The fraction of sp³-hybridized carbons (Fsp3) is 0.238. The molecule has 5 nitrogen and oxygen atoms in total. The maximum Gasteiger partial charge on any atom is 0.251 e. The summed E-state index contributed by atoms with van der Waals surface area (Å²) >= 11 is 0. The predicted molar refractivity (Wildman–Crippen MR) is 102 cm³/mol. The van der Waals surface area contributed by atoms with E-state index in [0.717, 1.165) is 18.6 Å². The van der Waals surface area contributed by atoms with Crippen molar-refractivity contribution in [2.45, 2.75) is 19.8 Å². The minimum Gasteiger partial charge on any atom is -0.494 e. The highest BCUT2D eigenvalue weighted by atomic mass is 16.5. The van der Waals surface area contributed by atoms with Crippen molar-refractivity contribution in [1.29, 1.82) is 0 Å². The van der Waals surface area contributed by atoms with Crippen molar-refractivity contribution >= 4 is 17.5 Å². The van der Waals surface area contributed by atoms with Crippen LogP contribution in [-0.2, 0) is 4.79 Å². The second-order valence-corrected chi connectivity index (χ2v) is 5.68. The summed E-state index contributed by atoms with van der Waals surface area (Å²) in [6.45, 7) is 2.62. The van der Waals surface area contributed by atoms with E-state index in [0.29, 0.717) is 23.4 Å². The molecule has 2 N–H and O–H groups in total. The van der Waals surface area contributed by atoms with Crippen LogP contribution in [-0.4, -0.2) is 25.0 Å². The Kier molecular flexibility index (Phi) is 7.26. The average molecular weight is 350 g/mol. The molecule has 0 radical (unpaired) electrons. The third kappa shape index (κ3) is 5.99. The van der Waals surface area contributed by atoms with E-state index < -0.39 is 0 Å². The van der Waals surface area contributed by atoms with Crippen LogP contribution in [0.4, 0.5) is 5.69 Å². The van der Waals surface area contributed by atoms with E-state index in [1.807, 2.05) is 0 Å². The fourth-order valence-electron chi connectivity index (χ4n) is 2.19. The molecule has 2 aromatic rings. The highest BCUT2D eigenvalue weighted by Crippen LogP contribution is 2.13. The Bertz CT molecular complexity index is 792. The van der Waals surface area contributed by atoms with E-state index in [9.17, 15) is 9.59 Å². The van der Waals surface area contributed by atoms with Gasteiger partial charge in [-0.25, -0.2) is 0 Å². The standard InChI is InChI=1S/C21H22N2O3/c1-3-5-13-26-19-11-9-17(10-12-19)21(25)22-15-20(24)23-18-8-6-7-16(4-2)14-18/h2,6-12,14H,3,5,13,15H2,1H3,(H,22,25)(H,23,24). The molecule has 0 heterocycles. The molecule has 0 aliphatic carbocycles. The summed E-state index contributed by atoms with van der Waals surface area (Å²) in [5, 5.41) is 5.28. The van der Waals surface area contributed by atoms with Crippen LogP contribution in [0.15, 0.2) is 48.5 Å². The smallest absolute Gasteiger partial charge is 0.251 e. The van der Waals surface area contributed by atoms with Crippen molar-refractivity contribution in [1.82, 2.24) is 5.32 Å². The van der Waals surface area contributed by atoms with Crippen LogP contribution in [0.5, 0.6) is 5.75 Å². The number of amides is 2. The zero-order valence-electron chi connectivity index (χ0n) is 14.7. The third-order valence-electron chi connectivity index (χ3n) is 3.61. The Hall–Kier alpha value is -3.26. The number of rotatable bonds is 8. The molecule has 0 aliphatic rings. The maximum absolute atomic E-state index is 12.1. The third-order valence-corrected chi connectivity index (χ3v) is 3.61. The van der Waals surface area contributed by atoms with E-state index in [1.54, 1.807) is 48.5 Å². The second-order valence-electron chi connectivity index (χ2n) is 5.68. The summed E-state index contributed by atoms with van der Waals surface area (Å²) < 4.78 is 5.55. The molecule has 0 unspecified atom stereocenters. The van der Waals surface area contributed by atoms with Gasteiger partial charge in [-0.2, -0.15) is 0 Å². The summed E-state index contributed by atoms with van der Waals surface area (Å²) in [5.74, 6) is 2.58. The first kappa shape index (κ1) is 19.1. The molecule has 0 aliphatic heterocycles. The lowest BCUT2D eigenvalue weighted by molar-refractivity contribution is -0.115. The molecule has 0 bridgehead atoms. The van der Waals surface area contributed by atoms with Crippen molar-refractivity contribution in [2.75, 3.05) is 18.5 Å². The normalized spacial score (nSPS) is 9.85. The van der Waals surface area contributed by atoms with Gasteiger partial charge in [0.1, 0.15) is 5.75 Å². The topological polar surface area (TPSA) is 67.4 Å². The molecule has 2 amide bonds. The van der Waals surface area contributed by atoms with E-state index >= 15 is 0 Å². The number of hydrogen-bond acceptors (Lipinski definition) is 3. The minimum absolute atomic E-state index is 0.131. The zero-order chi connectivity index (χ0) is 18.8. The van der Waals surface area contributed by atoms with Crippen LogP contribution in [0.1, 0.15) is 35.7 Å². The second kappa shape index (κ2) is 9.90. The summed E-state index contributed by atoms with van der Waals surface area (Å²) in [7, 11) is 0. The number of unbranched alkanes of at least 4 members (excludes halogenated alkanes) is 1.